The summed E-state index contributed by atoms with van der Waals surface area (Å²) < 4.78 is 21.5. The summed E-state index contributed by atoms with van der Waals surface area (Å²) in [5.74, 6) is -1.03. The van der Waals surface area contributed by atoms with Gasteiger partial charge in [0.2, 0.25) is 5.91 Å². The third-order valence-electron chi connectivity index (χ3n) is 4.77. The Balaban J connectivity index is 1.97. The first-order valence-corrected chi connectivity index (χ1v) is 8.79. The maximum Gasteiger partial charge on any atom is 0.237 e. The van der Waals surface area contributed by atoms with Crippen LogP contribution in [0.25, 0.3) is 11.0 Å². The molecule has 9 nitrogen and oxygen atoms in total. The van der Waals surface area contributed by atoms with Crippen molar-refractivity contribution in [3.63, 3.8) is 0 Å². The van der Waals surface area contributed by atoms with Crippen LogP contribution in [0.5, 0.6) is 0 Å². The van der Waals surface area contributed by atoms with E-state index in [1.807, 2.05) is 6.92 Å². The molecule has 7 N–H and O–H groups in total. The number of hydrogen-bond acceptors (Lipinski definition) is 7. The van der Waals surface area contributed by atoms with Gasteiger partial charge in [0.15, 0.2) is 6.23 Å². The van der Waals surface area contributed by atoms with Crippen LogP contribution in [-0.4, -0.2) is 56.6 Å². The minimum atomic E-state index is -1.21. The smallest absolute Gasteiger partial charge is 0.237 e. The maximum absolute atomic E-state index is 14.4. The van der Waals surface area contributed by atoms with Gasteiger partial charge in [-0.2, -0.15) is 0 Å². The van der Waals surface area contributed by atoms with Crippen molar-refractivity contribution in [2.45, 2.75) is 50.3 Å². The molecule has 1 aromatic carbocycles. The largest absolute Gasteiger partial charge is 0.397 e. The Morgan fingerprint density at radius 1 is 1.52 bits per heavy atom. The molecule has 3 rings (SSSR count). The van der Waals surface area contributed by atoms with E-state index in [4.69, 9.17) is 16.2 Å². The van der Waals surface area contributed by atoms with Gasteiger partial charge in [-0.3, -0.25) is 9.36 Å². The molecule has 1 aliphatic heterocycles. The second-order valence-electron chi connectivity index (χ2n) is 6.65. The van der Waals surface area contributed by atoms with Crippen molar-refractivity contribution >= 4 is 22.6 Å². The minimum Gasteiger partial charge on any atom is -0.397 e. The van der Waals surface area contributed by atoms with Crippen LogP contribution in [-0.2, 0) is 9.53 Å². The number of imidazole rings is 1. The topological polar surface area (TPSA) is 149 Å². The molecule has 1 fully saturated rings. The number of benzene rings is 1. The lowest BCUT2D eigenvalue weighted by Crippen LogP contribution is -2.51. The molecule has 27 heavy (non-hydrogen) atoms. The number of amides is 1. The highest BCUT2D eigenvalue weighted by Gasteiger charge is 2.46. The lowest BCUT2D eigenvalue weighted by molar-refractivity contribution is -0.124. The van der Waals surface area contributed by atoms with Crippen LogP contribution < -0.4 is 16.8 Å². The Labute approximate surface area is 155 Å². The molecule has 0 bridgehead atoms. The van der Waals surface area contributed by atoms with Crippen LogP contribution in [0.1, 0.15) is 26.0 Å². The molecule has 1 amide bonds. The van der Waals surface area contributed by atoms with Crippen molar-refractivity contribution in [3.05, 3.63) is 24.3 Å². The summed E-state index contributed by atoms with van der Waals surface area (Å²) >= 11 is 0. The summed E-state index contributed by atoms with van der Waals surface area (Å²) in [4.78, 5) is 16.5. The summed E-state index contributed by atoms with van der Waals surface area (Å²) in [5, 5.41) is 22.6. The van der Waals surface area contributed by atoms with E-state index in [1.165, 1.54) is 23.0 Å². The predicted octanol–water partition coefficient (Wildman–Crippen LogP) is -0.380. The van der Waals surface area contributed by atoms with Crippen LogP contribution in [0.4, 0.5) is 10.1 Å². The van der Waals surface area contributed by atoms with Crippen LogP contribution in [0.2, 0.25) is 0 Å². The monoisotopic (exact) mass is 381 g/mol. The highest BCUT2D eigenvalue weighted by atomic mass is 19.1. The van der Waals surface area contributed by atoms with Gasteiger partial charge in [-0.1, -0.05) is 13.3 Å². The molecule has 1 aliphatic rings. The Kier molecular flexibility index (Phi) is 5.61. The third-order valence-corrected chi connectivity index (χ3v) is 4.77. The molecule has 148 valence electrons. The van der Waals surface area contributed by atoms with Crippen LogP contribution >= 0.6 is 0 Å². The summed E-state index contributed by atoms with van der Waals surface area (Å²) in [7, 11) is 0. The number of nitrogens with zero attached hydrogens (tertiary/aromatic N) is 2. The van der Waals surface area contributed by atoms with Crippen molar-refractivity contribution in [1.29, 1.82) is 0 Å². The third kappa shape index (κ3) is 3.48. The summed E-state index contributed by atoms with van der Waals surface area (Å²) in [5.41, 5.74) is 12.3. The number of fused-ring (bicyclic) bond motifs is 1. The number of aromatic nitrogens is 2. The molecule has 0 saturated carbocycles. The van der Waals surface area contributed by atoms with Crippen LogP contribution in [0.15, 0.2) is 18.5 Å². The van der Waals surface area contributed by atoms with Gasteiger partial charge in [0, 0.05) is 0 Å². The van der Waals surface area contributed by atoms with Crippen LogP contribution in [0.3, 0.4) is 0 Å². The van der Waals surface area contributed by atoms with E-state index in [2.05, 4.69) is 10.3 Å². The number of hydrogen-bond donors (Lipinski definition) is 5. The number of halogens is 1. The predicted molar refractivity (Wildman–Crippen MR) is 95.9 cm³/mol. The first kappa shape index (κ1) is 19.5. The van der Waals surface area contributed by atoms with Gasteiger partial charge in [-0.25, -0.2) is 9.37 Å². The molecule has 1 saturated heterocycles. The van der Waals surface area contributed by atoms with Gasteiger partial charge in [-0.05, 0) is 18.6 Å². The Hall–Kier alpha value is -2.27. The average Bonchev–Trinajstić information content (AvgIpc) is 3.21. The highest BCUT2D eigenvalue weighted by molar-refractivity contribution is 5.87. The molecular weight excluding hydrogens is 357 g/mol. The Morgan fingerprint density at radius 3 is 2.93 bits per heavy atom. The van der Waals surface area contributed by atoms with E-state index in [0.29, 0.717) is 6.42 Å². The maximum atomic E-state index is 14.4. The number of nitrogens with one attached hydrogen (secondary N) is 1. The Morgan fingerprint density at radius 2 is 2.26 bits per heavy atom. The van der Waals surface area contributed by atoms with E-state index in [1.54, 1.807) is 0 Å². The normalized spacial score (nSPS) is 26.4. The number of anilines is 1. The minimum absolute atomic E-state index is 0.0860. The zero-order valence-electron chi connectivity index (χ0n) is 14.9. The molecule has 5 atom stereocenters. The summed E-state index contributed by atoms with van der Waals surface area (Å²) in [6.07, 6.45) is -0.632. The second-order valence-corrected chi connectivity index (χ2v) is 6.65. The molecule has 2 heterocycles. The van der Waals surface area contributed by atoms with Crippen LogP contribution in [0, 0.1) is 5.82 Å². The molecule has 1 aromatic heterocycles. The SMILES string of the molecule is CCCC(N)C(=O)N[C@H]1C(O)[C@@H](CO)O[C@H]1n1cnc2c(N)ccc(F)c21. The van der Waals surface area contributed by atoms with Gasteiger partial charge in [-0.15, -0.1) is 0 Å². The van der Waals surface area contributed by atoms with Crippen molar-refractivity contribution in [3.8, 4) is 0 Å². The van der Waals surface area contributed by atoms with E-state index >= 15 is 0 Å². The highest BCUT2D eigenvalue weighted by Crippen LogP contribution is 2.34. The molecular formula is C17H24FN5O4. The van der Waals surface area contributed by atoms with E-state index in [-0.39, 0.29) is 16.7 Å². The van der Waals surface area contributed by atoms with Crippen molar-refractivity contribution in [2.24, 2.45) is 5.73 Å². The number of ether oxygens (including phenoxy) is 1. The quantitative estimate of drug-likeness (QED) is 0.428. The molecule has 0 spiro atoms. The number of carbonyl (C=O) groups excluding carboxylic acids is 1. The summed E-state index contributed by atoms with van der Waals surface area (Å²) in [6, 6.07) is 0.910. The van der Waals surface area contributed by atoms with E-state index in [9.17, 15) is 19.4 Å². The molecule has 0 radical (unpaired) electrons. The lowest BCUT2D eigenvalue weighted by Gasteiger charge is -2.24. The second kappa shape index (κ2) is 7.77. The Bertz CT molecular complexity index is 829. The number of rotatable bonds is 6. The molecule has 10 heteroatoms. The standard InChI is InChI=1S/C17H24FN5O4/c1-2-3-10(20)16(26)22-13-15(25)11(6-24)27-17(13)23-7-21-12-9(19)5-4-8(18)14(12)23/h4-5,7,10-11,13,15,17,24-25H,2-3,6,19-20H2,1H3,(H,22,26)/t10?,11-,13+,15?,17-/m1/s1. The van der Waals surface area contributed by atoms with Gasteiger partial charge < -0.3 is 31.7 Å². The lowest BCUT2D eigenvalue weighted by atomic mass is 10.1. The first-order chi connectivity index (χ1) is 12.9. The number of aliphatic hydroxyl groups is 2. The number of nitrogen functional groups attached to an aromatic ring is 1. The van der Waals surface area contributed by atoms with Gasteiger partial charge in [0.25, 0.3) is 0 Å². The van der Waals surface area contributed by atoms with Crippen molar-refractivity contribution in [1.82, 2.24) is 14.9 Å². The molecule has 2 unspecified atom stereocenters. The van der Waals surface area contributed by atoms with Crippen molar-refractivity contribution < 1.29 is 24.1 Å². The first-order valence-electron chi connectivity index (χ1n) is 8.79. The fraction of sp³-hybridized carbons (Fsp3) is 0.529. The van der Waals surface area contributed by atoms with E-state index in [0.717, 1.165) is 6.42 Å². The number of nitrogens with two attached hydrogens (primary N) is 2. The van der Waals surface area contributed by atoms with Gasteiger partial charge in [0.05, 0.1) is 24.7 Å². The molecule has 2 aromatic rings. The molecule has 0 aliphatic carbocycles. The zero-order chi connectivity index (χ0) is 19.7. The van der Waals surface area contributed by atoms with Crippen molar-refractivity contribution in [2.75, 3.05) is 12.3 Å². The van der Waals surface area contributed by atoms with Gasteiger partial charge >= 0.3 is 0 Å². The fourth-order valence-corrected chi connectivity index (χ4v) is 3.33. The average molecular weight is 381 g/mol. The summed E-state index contributed by atoms with van der Waals surface area (Å²) in [6.45, 7) is 1.43. The van der Waals surface area contributed by atoms with Gasteiger partial charge in [0.1, 0.15) is 35.1 Å². The fourth-order valence-electron chi connectivity index (χ4n) is 3.33. The number of aliphatic hydroxyl groups excluding tert-OH is 2. The van der Waals surface area contributed by atoms with E-state index < -0.39 is 48.9 Å². The zero-order valence-corrected chi connectivity index (χ0v) is 14.9. The number of carbonyl (C=O) groups is 1.